The maximum atomic E-state index is 5.15. The number of hydrogen-bond acceptors (Lipinski definition) is 2. The first-order chi connectivity index (χ1) is 9.77. The molecule has 20 heavy (non-hydrogen) atoms. The molecule has 1 aliphatic rings. The van der Waals surface area contributed by atoms with Gasteiger partial charge in [-0.15, -0.1) is 18.3 Å². The van der Waals surface area contributed by atoms with E-state index in [9.17, 15) is 0 Å². The second-order valence-electron chi connectivity index (χ2n) is 3.73. The first kappa shape index (κ1) is 21.6. The summed E-state index contributed by atoms with van der Waals surface area (Å²) < 4.78 is 5.15. The maximum Gasteiger partial charge on any atom is 0.0903 e. The molecule has 1 aromatic rings. The maximum absolute atomic E-state index is 5.15. The molecule has 1 heterocycles. The summed E-state index contributed by atoms with van der Waals surface area (Å²) in [6.07, 6.45) is 3.48. The third-order valence-corrected chi connectivity index (χ3v) is 3.52. The zero-order chi connectivity index (χ0) is 15.8. The predicted octanol–water partition coefficient (Wildman–Crippen LogP) is 6.12. The fourth-order valence-electron chi connectivity index (χ4n) is 1.07. The van der Waals surface area contributed by atoms with E-state index in [1.165, 1.54) is 10.5 Å². The van der Waals surface area contributed by atoms with Crippen LogP contribution in [-0.4, -0.2) is 18.5 Å². The molecule has 2 heteroatoms. The summed E-state index contributed by atoms with van der Waals surface area (Å²) in [5.74, 6) is 1.10. The minimum absolute atomic E-state index is 0.523. The van der Waals surface area contributed by atoms with Crippen molar-refractivity contribution in [1.29, 1.82) is 0 Å². The van der Waals surface area contributed by atoms with Gasteiger partial charge in [0.2, 0.25) is 0 Å². The summed E-state index contributed by atoms with van der Waals surface area (Å²) in [5.41, 5.74) is 1.36. The molecule has 0 N–H and O–H groups in total. The largest absolute Gasteiger partial charge is 0.372 e. The highest BCUT2D eigenvalue weighted by Crippen LogP contribution is 2.26. The van der Waals surface area contributed by atoms with Crippen LogP contribution in [0.4, 0.5) is 0 Å². The molecule has 1 aliphatic heterocycles. The van der Waals surface area contributed by atoms with Crippen LogP contribution in [0.15, 0.2) is 41.8 Å². The zero-order valence-corrected chi connectivity index (χ0v) is 14.9. The van der Waals surface area contributed by atoms with Gasteiger partial charge in [0.15, 0.2) is 0 Å². The highest BCUT2D eigenvalue weighted by molar-refractivity contribution is 7.99. The Labute approximate surface area is 130 Å². The quantitative estimate of drug-likeness (QED) is 0.377. The zero-order valence-electron chi connectivity index (χ0n) is 14.1. The van der Waals surface area contributed by atoms with Gasteiger partial charge in [0.05, 0.1) is 12.7 Å². The van der Waals surface area contributed by atoms with Gasteiger partial charge in [-0.25, -0.2) is 0 Å². The molecule has 116 valence electrons. The van der Waals surface area contributed by atoms with Crippen LogP contribution in [0.2, 0.25) is 0 Å². The first-order valence-corrected chi connectivity index (χ1v) is 8.67. The topological polar surface area (TPSA) is 12.5 Å². The predicted molar refractivity (Wildman–Crippen MR) is 94.8 cm³/mol. The molecule has 0 aliphatic carbocycles. The van der Waals surface area contributed by atoms with E-state index in [0.29, 0.717) is 6.10 Å². The summed E-state index contributed by atoms with van der Waals surface area (Å²) in [4.78, 5) is 1.38. The minimum atomic E-state index is 0.523. The second kappa shape index (κ2) is 16.3. The monoisotopic (exact) mass is 296 g/mol. The molecule has 0 radical (unpaired) electrons. The number of benzene rings is 1. The van der Waals surface area contributed by atoms with Gasteiger partial charge in [-0.1, -0.05) is 58.9 Å². The smallest absolute Gasteiger partial charge is 0.0903 e. The number of rotatable bonds is 4. The average Bonchev–Trinajstić information content (AvgIpc) is 3.35. The van der Waals surface area contributed by atoms with Crippen LogP contribution in [0.3, 0.4) is 0 Å². The highest BCUT2D eigenvalue weighted by atomic mass is 32.2. The van der Waals surface area contributed by atoms with Crippen molar-refractivity contribution in [3.63, 3.8) is 0 Å². The Hall–Kier alpha value is -0.730. The summed E-state index contributed by atoms with van der Waals surface area (Å²) in [5, 5.41) is 0. The molecule has 2 rings (SSSR count). The van der Waals surface area contributed by atoms with E-state index in [4.69, 9.17) is 4.74 Å². The minimum Gasteiger partial charge on any atom is -0.372 e. The van der Waals surface area contributed by atoms with Crippen molar-refractivity contribution in [2.75, 3.05) is 12.4 Å². The lowest BCUT2D eigenvalue weighted by Crippen LogP contribution is -1.89. The van der Waals surface area contributed by atoms with Gasteiger partial charge >= 0.3 is 0 Å². The van der Waals surface area contributed by atoms with Crippen molar-refractivity contribution in [1.82, 2.24) is 0 Å². The summed E-state index contributed by atoms with van der Waals surface area (Å²) in [6.45, 7) is 16.6. The first-order valence-electron chi connectivity index (χ1n) is 7.68. The fraction of sp³-hybridized carbons (Fsp3) is 0.556. The van der Waals surface area contributed by atoms with E-state index >= 15 is 0 Å². The molecule has 1 fully saturated rings. The third-order valence-electron chi connectivity index (χ3n) is 2.21. The van der Waals surface area contributed by atoms with Crippen LogP contribution in [0.1, 0.15) is 46.6 Å². The van der Waals surface area contributed by atoms with E-state index in [0.717, 1.165) is 18.8 Å². The van der Waals surface area contributed by atoms with E-state index < -0.39 is 0 Å². The van der Waals surface area contributed by atoms with Crippen molar-refractivity contribution in [2.45, 2.75) is 59.0 Å². The Kier molecular flexibility index (Phi) is 17.6. The number of allylic oxidation sites excluding steroid dienone is 1. The van der Waals surface area contributed by atoms with Gasteiger partial charge in [-0.3, -0.25) is 0 Å². The van der Waals surface area contributed by atoms with Crippen LogP contribution in [-0.2, 0) is 4.74 Å². The van der Waals surface area contributed by atoms with Gasteiger partial charge in [0.25, 0.3) is 0 Å². The third kappa shape index (κ3) is 12.3. The Morgan fingerprint density at radius 3 is 2.15 bits per heavy atom. The van der Waals surface area contributed by atoms with Crippen molar-refractivity contribution >= 4 is 11.8 Å². The molecule has 1 aromatic carbocycles. The van der Waals surface area contributed by atoms with Gasteiger partial charge in [-0.2, -0.15) is 0 Å². The second-order valence-corrected chi connectivity index (χ2v) is 4.79. The van der Waals surface area contributed by atoms with Gasteiger partial charge in [0, 0.05) is 10.6 Å². The Balaban J connectivity index is 0. The number of epoxide rings is 1. The van der Waals surface area contributed by atoms with Crippen LogP contribution >= 0.6 is 11.8 Å². The van der Waals surface area contributed by atoms with Gasteiger partial charge in [0.1, 0.15) is 0 Å². The summed E-state index contributed by atoms with van der Waals surface area (Å²) in [6, 6.07) is 8.48. The highest BCUT2D eigenvalue weighted by Gasteiger charge is 2.22. The fourth-order valence-corrected chi connectivity index (χ4v) is 2.09. The van der Waals surface area contributed by atoms with E-state index in [-0.39, 0.29) is 0 Å². The molecule has 0 amide bonds. The van der Waals surface area contributed by atoms with Crippen molar-refractivity contribution in [2.24, 2.45) is 0 Å². The molecule has 0 saturated carbocycles. The Morgan fingerprint density at radius 2 is 1.75 bits per heavy atom. The van der Waals surface area contributed by atoms with E-state index in [1.807, 2.05) is 45.5 Å². The average molecular weight is 297 g/mol. The number of thioether (sulfide) groups is 1. The molecule has 1 nitrogen and oxygen atoms in total. The lowest BCUT2D eigenvalue weighted by atomic mass is 10.2. The molecule has 0 bridgehead atoms. The molecule has 0 spiro atoms. The SMILES string of the molecule is C=CCC.CC.CC.Cc1ccccc1SCC1CO1. The van der Waals surface area contributed by atoms with Gasteiger partial charge < -0.3 is 4.74 Å². The number of hydrogen-bond donors (Lipinski definition) is 0. The molecule has 1 saturated heterocycles. The van der Waals surface area contributed by atoms with Crippen LogP contribution in [0, 0.1) is 6.92 Å². The lowest BCUT2D eigenvalue weighted by Gasteiger charge is -2.02. The van der Waals surface area contributed by atoms with Crippen molar-refractivity contribution in [3.8, 4) is 0 Å². The van der Waals surface area contributed by atoms with Gasteiger partial charge in [-0.05, 0) is 25.0 Å². The van der Waals surface area contributed by atoms with Crippen LogP contribution in [0.5, 0.6) is 0 Å². The molecular weight excluding hydrogens is 264 g/mol. The lowest BCUT2D eigenvalue weighted by molar-refractivity contribution is 0.426. The van der Waals surface area contributed by atoms with Crippen molar-refractivity contribution in [3.05, 3.63) is 42.5 Å². The summed E-state index contributed by atoms with van der Waals surface area (Å²) >= 11 is 1.89. The molecule has 0 aromatic heterocycles. The van der Waals surface area contributed by atoms with E-state index in [2.05, 4.69) is 44.7 Å². The Bertz CT molecular complexity index is 319. The number of ether oxygens (including phenoxy) is 1. The standard InChI is InChI=1S/C10H12OS.C4H8.2C2H6/c1-8-4-2-3-5-10(8)12-7-9-6-11-9;1-3-4-2;2*1-2/h2-5,9H,6-7H2,1H3;3H,1,4H2,2H3;2*1-2H3. The summed E-state index contributed by atoms with van der Waals surface area (Å²) in [7, 11) is 0. The van der Waals surface area contributed by atoms with Crippen LogP contribution < -0.4 is 0 Å². The molecular formula is C18H32OS. The molecule has 1 unspecified atom stereocenters. The Morgan fingerprint density at radius 1 is 1.25 bits per heavy atom. The number of aryl methyl sites for hydroxylation is 1. The molecule has 1 atom stereocenters. The van der Waals surface area contributed by atoms with Crippen LogP contribution in [0.25, 0.3) is 0 Å². The van der Waals surface area contributed by atoms with E-state index in [1.54, 1.807) is 0 Å². The normalized spacial score (nSPS) is 14.4. The van der Waals surface area contributed by atoms with Crippen molar-refractivity contribution < 1.29 is 4.74 Å².